The molecule has 2 amide bonds. The SMILES string of the molecule is O=C(O)N1CCN(C(=O)c2c(F)cc(Br)cc2F)CC1. The van der Waals surface area contributed by atoms with E-state index in [1.54, 1.807) is 0 Å². The Morgan fingerprint density at radius 2 is 1.50 bits per heavy atom. The molecule has 1 saturated heterocycles. The van der Waals surface area contributed by atoms with Crippen LogP contribution < -0.4 is 0 Å². The molecule has 1 heterocycles. The minimum absolute atomic E-state index is 0.111. The quantitative estimate of drug-likeness (QED) is 0.845. The van der Waals surface area contributed by atoms with E-state index >= 15 is 0 Å². The number of carbonyl (C=O) groups is 2. The summed E-state index contributed by atoms with van der Waals surface area (Å²) in [4.78, 5) is 25.2. The summed E-state index contributed by atoms with van der Waals surface area (Å²) >= 11 is 2.94. The van der Waals surface area contributed by atoms with Crippen LogP contribution in [0.3, 0.4) is 0 Å². The lowest BCUT2D eigenvalue weighted by Crippen LogP contribution is -2.50. The van der Waals surface area contributed by atoms with Gasteiger partial charge in [0.25, 0.3) is 5.91 Å². The van der Waals surface area contributed by atoms with Crippen molar-refractivity contribution in [1.29, 1.82) is 0 Å². The summed E-state index contributed by atoms with van der Waals surface area (Å²) in [5.41, 5.74) is -0.614. The molecular weight excluding hydrogens is 338 g/mol. The Bertz CT molecular complexity index is 537. The Kier molecular flexibility index (Phi) is 4.22. The Hall–Kier alpha value is -1.70. The Balaban J connectivity index is 2.16. The Labute approximate surface area is 121 Å². The lowest BCUT2D eigenvalue weighted by molar-refractivity contribution is 0.0615. The molecule has 1 aromatic carbocycles. The van der Waals surface area contributed by atoms with Gasteiger partial charge in [-0.05, 0) is 12.1 Å². The van der Waals surface area contributed by atoms with Gasteiger partial charge in [-0.15, -0.1) is 0 Å². The molecule has 20 heavy (non-hydrogen) atoms. The fourth-order valence-corrected chi connectivity index (χ4v) is 2.41. The van der Waals surface area contributed by atoms with E-state index in [0.29, 0.717) is 0 Å². The number of piperazine rings is 1. The van der Waals surface area contributed by atoms with Crippen LogP contribution in [-0.2, 0) is 0 Å². The molecule has 108 valence electrons. The number of hydrogen-bond acceptors (Lipinski definition) is 2. The number of hydrogen-bond donors (Lipinski definition) is 1. The number of rotatable bonds is 1. The van der Waals surface area contributed by atoms with Gasteiger partial charge in [0.15, 0.2) is 0 Å². The smallest absolute Gasteiger partial charge is 0.407 e. The number of amides is 2. The van der Waals surface area contributed by atoms with Crippen molar-refractivity contribution in [2.75, 3.05) is 26.2 Å². The van der Waals surface area contributed by atoms with Crippen molar-refractivity contribution in [3.05, 3.63) is 33.8 Å². The van der Waals surface area contributed by atoms with Crippen molar-refractivity contribution < 1.29 is 23.5 Å². The predicted molar refractivity (Wildman–Crippen MR) is 69.6 cm³/mol. The van der Waals surface area contributed by atoms with Gasteiger partial charge in [0.2, 0.25) is 0 Å². The topological polar surface area (TPSA) is 60.9 Å². The maximum absolute atomic E-state index is 13.7. The van der Waals surface area contributed by atoms with E-state index < -0.39 is 29.2 Å². The summed E-state index contributed by atoms with van der Waals surface area (Å²) < 4.78 is 27.6. The second kappa shape index (κ2) is 5.74. The van der Waals surface area contributed by atoms with E-state index in [9.17, 15) is 18.4 Å². The van der Waals surface area contributed by atoms with Crippen LogP contribution in [0.5, 0.6) is 0 Å². The second-order valence-corrected chi connectivity index (χ2v) is 5.22. The van der Waals surface area contributed by atoms with Gasteiger partial charge in [0.05, 0.1) is 0 Å². The molecule has 1 aromatic rings. The Morgan fingerprint density at radius 1 is 1.05 bits per heavy atom. The normalized spacial score (nSPS) is 15.3. The molecule has 1 aliphatic heterocycles. The maximum atomic E-state index is 13.7. The van der Waals surface area contributed by atoms with Gasteiger partial charge >= 0.3 is 6.09 Å². The third-order valence-electron chi connectivity index (χ3n) is 3.06. The van der Waals surface area contributed by atoms with Gasteiger partial charge in [0, 0.05) is 30.7 Å². The molecule has 0 saturated carbocycles. The number of carbonyl (C=O) groups excluding carboxylic acids is 1. The van der Waals surface area contributed by atoms with Crippen molar-refractivity contribution in [1.82, 2.24) is 9.80 Å². The number of nitrogens with zero attached hydrogens (tertiary/aromatic N) is 2. The average molecular weight is 349 g/mol. The van der Waals surface area contributed by atoms with Crippen LogP contribution in [0.2, 0.25) is 0 Å². The van der Waals surface area contributed by atoms with E-state index in [2.05, 4.69) is 15.9 Å². The summed E-state index contributed by atoms with van der Waals surface area (Å²) in [5.74, 6) is -2.65. The molecule has 2 rings (SSSR count). The molecular formula is C12H11BrF2N2O3. The number of halogens is 3. The second-order valence-electron chi connectivity index (χ2n) is 4.31. The van der Waals surface area contributed by atoms with Crippen LogP contribution in [0, 0.1) is 11.6 Å². The maximum Gasteiger partial charge on any atom is 0.407 e. The summed E-state index contributed by atoms with van der Waals surface area (Å²) in [6, 6.07) is 2.04. The first kappa shape index (κ1) is 14.7. The van der Waals surface area contributed by atoms with Gasteiger partial charge in [0.1, 0.15) is 17.2 Å². The molecule has 1 fully saturated rings. The zero-order chi connectivity index (χ0) is 14.9. The minimum Gasteiger partial charge on any atom is -0.465 e. The number of carboxylic acid groups (broad SMARTS) is 1. The lowest BCUT2D eigenvalue weighted by Gasteiger charge is -2.33. The Morgan fingerprint density at radius 3 is 1.95 bits per heavy atom. The predicted octanol–water partition coefficient (Wildman–Crippen LogP) is 2.16. The zero-order valence-electron chi connectivity index (χ0n) is 10.3. The standard InChI is InChI=1S/C12H11BrF2N2O3/c13-7-5-8(14)10(9(15)6-7)11(18)16-1-3-17(4-2-16)12(19)20/h5-6H,1-4H2,(H,19,20). The highest BCUT2D eigenvalue weighted by Crippen LogP contribution is 2.21. The molecule has 0 aromatic heterocycles. The molecule has 0 aliphatic carbocycles. The van der Waals surface area contributed by atoms with E-state index in [1.165, 1.54) is 4.90 Å². The van der Waals surface area contributed by atoms with Crippen LogP contribution in [0.4, 0.5) is 13.6 Å². The van der Waals surface area contributed by atoms with Gasteiger partial charge in [-0.1, -0.05) is 15.9 Å². The van der Waals surface area contributed by atoms with E-state index in [-0.39, 0.29) is 30.7 Å². The van der Waals surface area contributed by atoms with Crippen molar-refractivity contribution in [3.8, 4) is 0 Å². The van der Waals surface area contributed by atoms with Crippen LogP contribution in [-0.4, -0.2) is 53.1 Å². The first-order valence-corrected chi connectivity index (χ1v) is 6.61. The highest BCUT2D eigenvalue weighted by molar-refractivity contribution is 9.10. The molecule has 1 N–H and O–H groups in total. The van der Waals surface area contributed by atoms with E-state index in [4.69, 9.17) is 5.11 Å². The van der Waals surface area contributed by atoms with E-state index in [0.717, 1.165) is 17.0 Å². The average Bonchev–Trinajstić information content (AvgIpc) is 2.37. The fourth-order valence-electron chi connectivity index (χ4n) is 2.01. The van der Waals surface area contributed by atoms with Crippen LogP contribution in [0.25, 0.3) is 0 Å². The lowest BCUT2D eigenvalue weighted by atomic mass is 10.1. The van der Waals surface area contributed by atoms with Gasteiger partial charge in [-0.2, -0.15) is 0 Å². The van der Waals surface area contributed by atoms with Gasteiger partial charge in [-0.25, -0.2) is 13.6 Å². The van der Waals surface area contributed by atoms with E-state index in [1.807, 2.05) is 0 Å². The van der Waals surface area contributed by atoms with Crippen molar-refractivity contribution >= 4 is 27.9 Å². The van der Waals surface area contributed by atoms with Crippen LogP contribution in [0.15, 0.2) is 16.6 Å². The van der Waals surface area contributed by atoms with Crippen molar-refractivity contribution in [2.45, 2.75) is 0 Å². The van der Waals surface area contributed by atoms with Gasteiger partial charge in [-0.3, -0.25) is 4.79 Å². The summed E-state index contributed by atoms with van der Waals surface area (Å²) in [6.07, 6.45) is -1.07. The third kappa shape index (κ3) is 2.90. The molecule has 8 heteroatoms. The molecule has 1 aliphatic rings. The largest absolute Gasteiger partial charge is 0.465 e. The van der Waals surface area contributed by atoms with Crippen molar-refractivity contribution in [2.24, 2.45) is 0 Å². The molecule has 5 nitrogen and oxygen atoms in total. The third-order valence-corrected chi connectivity index (χ3v) is 3.52. The summed E-state index contributed by atoms with van der Waals surface area (Å²) in [5, 5.41) is 8.80. The zero-order valence-corrected chi connectivity index (χ0v) is 11.9. The molecule has 0 radical (unpaired) electrons. The molecule has 0 unspecified atom stereocenters. The fraction of sp³-hybridized carbons (Fsp3) is 0.333. The summed E-state index contributed by atoms with van der Waals surface area (Å²) in [6.45, 7) is 0.474. The van der Waals surface area contributed by atoms with Crippen molar-refractivity contribution in [3.63, 3.8) is 0 Å². The van der Waals surface area contributed by atoms with Crippen LogP contribution in [0.1, 0.15) is 10.4 Å². The molecule has 0 atom stereocenters. The molecule has 0 bridgehead atoms. The summed E-state index contributed by atoms with van der Waals surface area (Å²) in [7, 11) is 0. The highest BCUT2D eigenvalue weighted by atomic mass is 79.9. The molecule has 0 spiro atoms. The monoisotopic (exact) mass is 348 g/mol. The highest BCUT2D eigenvalue weighted by Gasteiger charge is 2.28. The first-order chi connectivity index (χ1) is 9.40. The number of benzene rings is 1. The van der Waals surface area contributed by atoms with Crippen LogP contribution >= 0.6 is 15.9 Å². The minimum atomic E-state index is -1.07. The van der Waals surface area contributed by atoms with Gasteiger partial charge < -0.3 is 14.9 Å². The first-order valence-electron chi connectivity index (χ1n) is 5.82.